The van der Waals surface area contributed by atoms with Crippen LogP contribution in [0.25, 0.3) is 11.0 Å². The fourth-order valence-corrected chi connectivity index (χ4v) is 1.77. The quantitative estimate of drug-likeness (QED) is 0.694. The zero-order chi connectivity index (χ0) is 16.2. The summed E-state index contributed by atoms with van der Waals surface area (Å²) in [5, 5.41) is 3.41. The number of rotatable bonds is 4. The summed E-state index contributed by atoms with van der Waals surface area (Å²) in [7, 11) is 0. The van der Waals surface area contributed by atoms with Crippen molar-refractivity contribution in [1.82, 2.24) is 5.32 Å². The highest BCUT2D eigenvalue weighted by molar-refractivity contribution is 5.77. The third-order valence-corrected chi connectivity index (χ3v) is 2.63. The third-order valence-electron chi connectivity index (χ3n) is 2.63. The molecule has 0 aliphatic rings. The molecule has 0 saturated carbocycles. The molecule has 1 heterocycles. The number of hydrogen-bond donors (Lipinski definition) is 1. The smallest absolute Gasteiger partial charge is 0.407 e. The number of amides is 1. The maximum Gasteiger partial charge on any atom is 0.407 e. The molecule has 0 saturated heterocycles. The first kappa shape index (κ1) is 15.9. The summed E-state index contributed by atoms with van der Waals surface area (Å²) in [5.74, 6) is 0.563. The second-order valence-electron chi connectivity index (χ2n) is 5.73. The molecule has 6 heteroatoms. The van der Waals surface area contributed by atoms with Crippen LogP contribution in [0.15, 0.2) is 39.5 Å². The molecule has 2 rings (SSSR count). The molecular weight excluding hydrogens is 286 g/mol. The van der Waals surface area contributed by atoms with E-state index < -0.39 is 17.3 Å². The lowest BCUT2D eigenvalue weighted by atomic mass is 10.2. The summed E-state index contributed by atoms with van der Waals surface area (Å²) in [6, 6.07) is 8.28. The topological polar surface area (TPSA) is 77.8 Å². The van der Waals surface area contributed by atoms with E-state index in [1.54, 1.807) is 45.0 Å². The second kappa shape index (κ2) is 6.51. The van der Waals surface area contributed by atoms with E-state index in [0.717, 1.165) is 5.39 Å². The molecule has 0 aliphatic heterocycles. The van der Waals surface area contributed by atoms with Gasteiger partial charge in [0.05, 0.1) is 6.54 Å². The van der Waals surface area contributed by atoms with E-state index >= 15 is 0 Å². The summed E-state index contributed by atoms with van der Waals surface area (Å²) in [4.78, 5) is 22.6. The summed E-state index contributed by atoms with van der Waals surface area (Å²) in [6.07, 6.45) is -0.486. The number of ether oxygens (including phenoxy) is 2. The minimum Gasteiger partial charge on any atom is -0.492 e. The van der Waals surface area contributed by atoms with Crippen molar-refractivity contribution in [1.29, 1.82) is 0 Å². The van der Waals surface area contributed by atoms with Crippen LogP contribution >= 0.6 is 0 Å². The van der Waals surface area contributed by atoms with Crippen LogP contribution in [-0.2, 0) is 4.74 Å². The Kier molecular flexibility index (Phi) is 4.70. The van der Waals surface area contributed by atoms with E-state index in [-0.39, 0.29) is 6.61 Å². The fraction of sp³-hybridized carbons (Fsp3) is 0.375. The lowest BCUT2D eigenvalue weighted by molar-refractivity contribution is 0.0520. The highest BCUT2D eigenvalue weighted by Crippen LogP contribution is 2.19. The first-order valence-corrected chi connectivity index (χ1v) is 6.97. The molecule has 22 heavy (non-hydrogen) atoms. The molecule has 0 fully saturated rings. The average molecular weight is 305 g/mol. The Hall–Kier alpha value is -2.50. The maximum atomic E-state index is 11.4. The monoisotopic (exact) mass is 305 g/mol. The molecule has 1 aromatic heterocycles. The Morgan fingerprint density at radius 1 is 1.23 bits per heavy atom. The van der Waals surface area contributed by atoms with Crippen molar-refractivity contribution in [3.63, 3.8) is 0 Å². The normalized spacial score (nSPS) is 11.2. The van der Waals surface area contributed by atoms with E-state index in [9.17, 15) is 9.59 Å². The van der Waals surface area contributed by atoms with Gasteiger partial charge in [-0.05, 0) is 39.0 Å². The summed E-state index contributed by atoms with van der Waals surface area (Å²) in [6.45, 7) is 5.98. The molecule has 6 nitrogen and oxygen atoms in total. The molecule has 1 amide bonds. The predicted molar refractivity (Wildman–Crippen MR) is 82.2 cm³/mol. The van der Waals surface area contributed by atoms with Crippen molar-refractivity contribution >= 4 is 17.1 Å². The molecule has 1 aromatic carbocycles. The Labute approximate surface area is 128 Å². The number of alkyl carbamates (subject to hydrolysis) is 1. The molecule has 118 valence electrons. The van der Waals surface area contributed by atoms with Crippen molar-refractivity contribution in [2.45, 2.75) is 26.4 Å². The van der Waals surface area contributed by atoms with Gasteiger partial charge >= 0.3 is 11.7 Å². The molecule has 0 bridgehead atoms. The Bertz CT molecular complexity index is 714. The Morgan fingerprint density at radius 2 is 1.95 bits per heavy atom. The highest BCUT2D eigenvalue weighted by atomic mass is 16.6. The van der Waals surface area contributed by atoms with Gasteiger partial charge in [0.1, 0.15) is 23.5 Å². The fourth-order valence-electron chi connectivity index (χ4n) is 1.77. The standard InChI is InChI=1S/C16H19NO5/c1-16(2,3)22-15(19)17-8-9-20-12-6-4-11-5-7-14(18)21-13(11)10-12/h4-7,10H,8-9H2,1-3H3,(H,17,19). The maximum absolute atomic E-state index is 11.4. The van der Waals surface area contributed by atoms with Crippen LogP contribution in [-0.4, -0.2) is 24.8 Å². The minimum absolute atomic E-state index is 0.280. The Morgan fingerprint density at radius 3 is 2.68 bits per heavy atom. The van der Waals surface area contributed by atoms with Gasteiger partial charge in [0, 0.05) is 17.5 Å². The van der Waals surface area contributed by atoms with Crippen LogP contribution < -0.4 is 15.7 Å². The molecule has 0 aliphatic carbocycles. The number of benzene rings is 1. The first-order chi connectivity index (χ1) is 10.3. The van der Waals surface area contributed by atoms with Crippen molar-refractivity contribution in [3.8, 4) is 5.75 Å². The number of hydrogen-bond acceptors (Lipinski definition) is 5. The largest absolute Gasteiger partial charge is 0.492 e. The number of carbonyl (C=O) groups is 1. The molecular formula is C16H19NO5. The molecule has 0 unspecified atom stereocenters. The number of fused-ring (bicyclic) bond motifs is 1. The van der Waals surface area contributed by atoms with E-state index in [2.05, 4.69) is 5.32 Å². The van der Waals surface area contributed by atoms with Gasteiger partial charge < -0.3 is 19.2 Å². The van der Waals surface area contributed by atoms with Gasteiger partial charge in [-0.3, -0.25) is 0 Å². The molecule has 2 aromatic rings. The van der Waals surface area contributed by atoms with Crippen LogP contribution in [0.2, 0.25) is 0 Å². The zero-order valence-corrected chi connectivity index (χ0v) is 12.8. The van der Waals surface area contributed by atoms with Crippen molar-refractivity contribution in [2.24, 2.45) is 0 Å². The number of nitrogens with one attached hydrogen (secondary N) is 1. The SMILES string of the molecule is CC(C)(C)OC(=O)NCCOc1ccc2ccc(=O)oc2c1. The second-order valence-corrected chi connectivity index (χ2v) is 5.73. The highest BCUT2D eigenvalue weighted by Gasteiger charge is 2.15. The van der Waals surface area contributed by atoms with Crippen LogP contribution in [0.1, 0.15) is 20.8 Å². The van der Waals surface area contributed by atoms with Gasteiger partial charge in [0.25, 0.3) is 0 Å². The molecule has 1 N–H and O–H groups in total. The molecule has 0 radical (unpaired) electrons. The molecule has 0 spiro atoms. The van der Waals surface area contributed by atoms with Gasteiger partial charge in [-0.25, -0.2) is 9.59 Å². The van der Waals surface area contributed by atoms with Crippen LogP contribution in [0.4, 0.5) is 4.79 Å². The van der Waals surface area contributed by atoms with Crippen molar-refractivity contribution in [2.75, 3.05) is 13.2 Å². The number of carbonyl (C=O) groups excluding carboxylic acids is 1. The average Bonchev–Trinajstić information content (AvgIpc) is 2.41. The van der Waals surface area contributed by atoms with E-state index in [4.69, 9.17) is 13.9 Å². The summed E-state index contributed by atoms with van der Waals surface area (Å²) >= 11 is 0. The lowest BCUT2D eigenvalue weighted by Gasteiger charge is -2.19. The van der Waals surface area contributed by atoms with Gasteiger partial charge in [-0.2, -0.15) is 0 Å². The summed E-state index contributed by atoms with van der Waals surface area (Å²) < 4.78 is 15.7. The van der Waals surface area contributed by atoms with Crippen LogP contribution in [0, 0.1) is 0 Å². The third kappa shape index (κ3) is 4.80. The Balaban J connectivity index is 1.85. The lowest BCUT2D eigenvalue weighted by Crippen LogP contribution is -2.34. The van der Waals surface area contributed by atoms with Crippen LogP contribution in [0.5, 0.6) is 5.75 Å². The van der Waals surface area contributed by atoms with Crippen molar-refractivity contribution in [3.05, 3.63) is 40.8 Å². The zero-order valence-electron chi connectivity index (χ0n) is 12.8. The van der Waals surface area contributed by atoms with Gasteiger partial charge in [-0.15, -0.1) is 0 Å². The first-order valence-electron chi connectivity index (χ1n) is 6.97. The van der Waals surface area contributed by atoms with Gasteiger partial charge in [0.15, 0.2) is 0 Å². The predicted octanol–water partition coefficient (Wildman–Crippen LogP) is 2.70. The van der Waals surface area contributed by atoms with Gasteiger partial charge in [-0.1, -0.05) is 0 Å². The molecule has 0 atom stereocenters. The van der Waals surface area contributed by atoms with Crippen molar-refractivity contribution < 1.29 is 18.7 Å². The van der Waals surface area contributed by atoms with E-state index in [0.29, 0.717) is 17.9 Å². The van der Waals surface area contributed by atoms with E-state index in [1.807, 2.05) is 0 Å². The summed E-state index contributed by atoms with van der Waals surface area (Å²) in [5.41, 5.74) is -0.470. The van der Waals surface area contributed by atoms with E-state index in [1.165, 1.54) is 6.07 Å². The minimum atomic E-state index is -0.527. The van der Waals surface area contributed by atoms with Gasteiger partial charge in [0.2, 0.25) is 0 Å². The van der Waals surface area contributed by atoms with Crippen LogP contribution in [0.3, 0.4) is 0 Å².